The summed E-state index contributed by atoms with van der Waals surface area (Å²) < 4.78 is 58.0. The number of esters is 1. The minimum absolute atomic E-state index is 0.278. The molecule has 0 bridgehead atoms. The fraction of sp³-hybridized carbons (Fsp3) is 0.194. The summed E-state index contributed by atoms with van der Waals surface area (Å²) in [7, 11) is 0. The van der Waals surface area contributed by atoms with Gasteiger partial charge in [0.15, 0.2) is 5.60 Å². The third-order valence-electron chi connectivity index (χ3n) is 7.55. The fourth-order valence-corrected chi connectivity index (χ4v) is 5.70. The van der Waals surface area contributed by atoms with Crippen molar-refractivity contribution >= 4 is 23.0 Å². The van der Waals surface area contributed by atoms with Gasteiger partial charge in [0, 0.05) is 52.9 Å². The van der Waals surface area contributed by atoms with Crippen LogP contribution in [0.25, 0.3) is 0 Å². The third kappa shape index (κ3) is 3.88. The van der Waals surface area contributed by atoms with Crippen molar-refractivity contribution in [1.29, 1.82) is 0 Å². The van der Waals surface area contributed by atoms with Crippen LogP contribution in [0, 0.1) is 0 Å². The van der Waals surface area contributed by atoms with Gasteiger partial charge in [-0.3, -0.25) is 0 Å². The van der Waals surface area contributed by atoms with Gasteiger partial charge in [-0.25, -0.2) is 4.79 Å². The quantitative estimate of drug-likeness (QED) is 0.285. The number of halogens is 3. The van der Waals surface area contributed by atoms with Crippen LogP contribution in [0.2, 0.25) is 0 Å². The Balaban J connectivity index is 1.35. The van der Waals surface area contributed by atoms with Crippen LogP contribution in [0.5, 0.6) is 11.5 Å². The first-order valence-corrected chi connectivity index (χ1v) is 12.9. The standard InChI is InChI=1S/C31H23F3N2O4/c32-31(33,34)19-4-3-5-20(16-19)35-21-8-11-27-26(17-21)30(24-7-2-1-6-23(24)29(37)40-30)25-10-9-22(18-28(25)39-27)36-12-14-38-15-13-36/h1-11,16-18,35H,12-15H2. The Bertz CT molecular complexity index is 1650. The van der Waals surface area contributed by atoms with Crippen molar-refractivity contribution in [2.24, 2.45) is 0 Å². The predicted octanol–water partition coefficient (Wildman–Crippen LogP) is 6.85. The highest BCUT2D eigenvalue weighted by atomic mass is 19.4. The number of nitrogens with one attached hydrogen (secondary N) is 1. The highest BCUT2D eigenvalue weighted by Gasteiger charge is 2.53. The van der Waals surface area contributed by atoms with Crippen LogP contribution in [0.1, 0.15) is 32.6 Å². The molecular weight excluding hydrogens is 521 g/mol. The number of benzene rings is 4. The maximum Gasteiger partial charge on any atom is 0.416 e. The van der Waals surface area contributed by atoms with E-state index in [1.54, 1.807) is 36.4 Å². The lowest BCUT2D eigenvalue weighted by atomic mass is 9.77. The zero-order valence-corrected chi connectivity index (χ0v) is 21.1. The molecule has 1 saturated heterocycles. The second-order valence-electron chi connectivity index (χ2n) is 9.91. The van der Waals surface area contributed by atoms with E-state index in [0.717, 1.165) is 30.9 Å². The summed E-state index contributed by atoms with van der Waals surface area (Å²) in [4.78, 5) is 15.4. The van der Waals surface area contributed by atoms with Gasteiger partial charge >= 0.3 is 12.1 Å². The molecule has 3 aliphatic heterocycles. The van der Waals surface area contributed by atoms with Crippen LogP contribution in [0.3, 0.4) is 0 Å². The van der Waals surface area contributed by atoms with Gasteiger partial charge in [-0.05, 0) is 54.6 Å². The first-order valence-electron chi connectivity index (χ1n) is 12.9. The van der Waals surface area contributed by atoms with Crippen molar-refractivity contribution in [2.45, 2.75) is 11.8 Å². The van der Waals surface area contributed by atoms with Crippen molar-refractivity contribution in [3.8, 4) is 11.5 Å². The lowest BCUT2D eigenvalue weighted by molar-refractivity contribution is -0.137. The fourth-order valence-electron chi connectivity index (χ4n) is 5.70. The zero-order chi connectivity index (χ0) is 27.5. The maximum absolute atomic E-state index is 13.3. The van der Waals surface area contributed by atoms with Gasteiger partial charge in [0.05, 0.1) is 24.3 Å². The summed E-state index contributed by atoms with van der Waals surface area (Å²) in [6.07, 6.45) is -4.46. The number of hydrogen-bond acceptors (Lipinski definition) is 6. The van der Waals surface area contributed by atoms with E-state index in [1.165, 1.54) is 6.07 Å². The Hall–Kier alpha value is -4.50. The van der Waals surface area contributed by atoms with Crippen molar-refractivity contribution in [3.63, 3.8) is 0 Å². The average molecular weight is 545 g/mol. The molecule has 0 saturated carbocycles. The second kappa shape index (κ2) is 9.02. The Kier molecular flexibility index (Phi) is 5.54. The van der Waals surface area contributed by atoms with Crippen molar-refractivity contribution in [3.05, 3.63) is 113 Å². The number of anilines is 3. The Morgan fingerprint density at radius 3 is 2.40 bits per heavy atom. The van der Waals surface area contributed by atoms with Gasteiger partial charge in [-0.15, -0.1) is 0 Å². The molecule has 0 amide bonds. The molecule has 3 aliphatic rings. The van der Waals surface area contributed by atoms with E-state index in [1.807, 2.05) is 30.3 Å². The van der Waals surface area contributed by atoms with Crippen molar-refractivity contribution < 1.29 is 32.2 Å². The van der Waals surface area contributed by atoms with E-state index in [0.29, 0.717) is 52.7 Å². The first kappa shape index (κ1) is 24.5. The molecular formula is C31H23F3N2O4. The zero-order valence-electron chi connectivity index (χ0n) is 21.1. The summed E-state index contributed by atoms with van der Waals surface area (Å²) in [6, 6.07) is 23.3. The number of hydrogen-bond donors (Lipinski definition) is 1. The molecule has 0 radical (unpaired) electrons. The topological polar surface area (TPSA) is 60.0 Å². The van der Waals surface area contributed by atoms with Crippen LogP contribution in [-0.2, 0) is 21.3 Å². The minimum atomic E-state index is -4.46. The molecule has 1 atom stereocenters. The Morgan fingerprint density at radius 1 is 0.775 bits per heavy atom. The van der Waals surface area contributed by atoms with Crippen LogP contribution in [0.15, 0.2) is 84.9 Å². The molecule has 3 heterocycles. The Morgan fingerprint density at radius 2 is 1.57 bits per heavy atom. The number of carbonyl (C=O) groups is 1. The van der Waals surface area contributed by atoms with Crippen LogP contribution < -0.4 is 15.0 Å². The molecule has 40 heavy (non-hydrogen) atoms. The molecule has 4 aromatic carbocycles. The molecule has 7 rings (SSSR count). The van der Waals surface area contributed by atoms with Gasteiger partial charge in [0.25, 0.3) is 0 Å². The first-order chi connectivity index (χ1) is 19.3. The lowest BCUT2D eigenvalue weighted by Crippen LogP contribution is -2.37. The molecule has 1 fully saturated rings. The number of rotatable bonds is 3. The highest BCUT2D eigenvalue weighted by Crippen LogP contribution is 2.57. The summed E-state index contributed by atoms with van der Waals surface area (Å²) in [5.74, 6) is 0.605. The van der Waals surface area contributed by atoms with E-state index in [9.17, 15) is 18.0 Å². The van der Waals surface area contributed by atoms with Gasteiger partial charge in [-0.2, -0.15) is 13.2 Å². The largest absolute Gasteiger partial charge is 0.456 e. The summed E-state index contributed by atoms with van der Waals surface area (Å²) in [5.41, 5.74) is 2.12. The van der Waals surface area contributed by atoms with Crippen LogP contribution in [-0.4, -0.2) is 32.3 Å². The number of alkyl halides is 3. The molecule has 6 nitrogen and oxygen atoms in total. The number of carbonyl (C=O) groups excluding carboxylic acids is 1. The van der Waals surface area contributed by atoms with Crippen molar-refractivity contribution in [1.82, 2.24) is 0 Å². The van der Waals surface area contributed by atoms with E-state index in [2.05, 4.69) is 10.2 Å². The second-order valence-corrected chi connectivity index (χ2v) is 9.91. The molecule has 4 aromatic rings. The SMILES string of the molecule is O=C1OC2(c3ccc(N4CCOCC4)cc3Oc3ccc(Nc4cccc(C(F)(F)F)c4)cc32)c2ccccc21. The highest BCUT2D eigenvalue weighted by molar-refractivity contribution is 5.97. The maximum atomic E-state index is 13.3. The number of fused-ring (bicyclic) bond motifs is 6. The minimum Gasteiger partial charge on any atom is -0.456 e. The van der Waals surface area contributed by atoms with Gasteiger partial charge in [-0.1, -0.05) is 24.3 Å². The smallest absolute Gasteiger partial charge is 0.416 e. The monoisotopic (exact) mass is 544 g/mol. The van der Waals surface area contributed by atoms with E-state index < -0.39 is 23.3 Å². The average Bonchev–Trinajstić information content (AvgIpc) is 3.26. The summed E-state index contributed by atoms with van der Waals surface area (Å²) in [5, 5.41) is 3.07. The summed E-state index contributed by atoms with van der Waals surface area (Å²) in [6.45, 7) is 2.78. The van der Waals surface area contributed by atoms with E-state index in [4.69, 9.17) is 14.2 Å². The van der Waals surface area contributed by atoms with Crippen LogP contribution in [0.4, 0.5) is 30.2 Å². The number of ether oxygens (including phenoxy) is 3. The number of nitrogens with zero attached hydrogens (tertiary/aromatic N) is 1. The van der Waals surface area contributed by atoms with Gasteiger partial charge in [0.1, 0.15) is 11.5 Å². The van der Waals surface area contributed by atoms with Gasteiger partial charge in [0.2, 0.25) is 0 Å². The normalized spacial score (nSPS) is 19.4. The number of morpholine rings is 1. The predicted molar refractivity (Wildman–Crippen MR) is 142 cm³/mol. The lowest BCUT2D eigenvalue weighted by Gasteiger charge is -2.38. The third-order valence-corrected chi connectivity index (χ3v) is 7.55. The molecule has 1 spiro atoms. The molecule has 0 aromatic heterocycles. The van der Waals surface area contributed by atoms with E-state index >= 15 is 0 Å². The van der Waals surface area contributed by atoms with E-state index in [-0.39, 0.29) is 5.69 Å². The molecule has 202 valence electrons. The molecule has 9 heteroatoms. The molecule has 1 N–H and O–H groups in total. The molecule has 0 aliphatic carbocycles. The Labute approximate surface area is 227 Å². The van der Waals surface area contributed by atoms with Gasteiger partial charge < -0.3 is 24.4 Å². The molecule has 1 unspecified atom stereocenters. The van der Waals surface area contributed by atoms with Crippen LogP contribution >= 0.6 is 0 Å². The van der Waals surface area contributed by atoms with Crippen molar-refractivity contribution in [2.75, 3.05) is 36.5 Å². The summed E-state index contributed by atoms with van der Waals surface area (Å²) >= 11 is 0.